The van der Waals surface area contributed by atoms with E-state index >= 15 is 0 Å². The minimum atomic E-state index is 0.141. The second-order valence-corrected chi connectivity index (χ2v) is 7.38. The van der Waals surface area contributed by atoms with E-state index in [1.807, 2.05) is 20.1 Å². The highest BCUT2D eigenvalue weighted by molar-refractivity contribution is 7.99. The van der Waals surface area contributed by atoms with Gasteiger partial charge in [0.05, 0.1) is 11.4 Å². The molecule has 0 bridgehead atoms. The Morgan fingerprint density at radius 2 is 2.18 bits per heavy atom. The molecule has 1 aliphatic rings. The van der Waals surface area contributed by atoms with Gasteiger partial charge < -0.3 is 9.84 Å². The first kappa shape index (κ1) is 17.3. The van der Waals surface area contributed by atoms with Crippen LogP contribution in [0.25, 0.3) is 0 Å². The van der Waals surface area contributed by atoms with E-state index in [2.05, 4.69) is 29.2 Å². The standard InChI is InChI=1S/C16H27N3O2S/c1-10(2)13-6-19(7-14-11(3)18-21-12(14)4)8-15(13)17-16(20)9-22-5/h10,13,15H,6-9H2,1-5H3,(H,17,20)/t13-,15+/m0/s1. The van der Waals surface area contributed by atoms with Gasteiger partial charge in [0.15, 0.2) is 0 Å². The number of nitrogens with one attached hydrogen (secondary N) is 1. The van der Waals surface area contributed by atoms with Crippen molar-refractivity contribution in [1.29, 1.82) is 0 Å². The van der Waals surface area contributed by atoms with Crippen LogP contribution in [-0.4, -0.2) is 47.1 Å². The molecule has 0 aliphatic carbocycles. The molecule has 1 amide bonds. The third-order valence-electron chi connectivity index (χ3n) is 4.48. The molecule has 1 aromatic heterocycles. The molecular formula is C16H27N3O2S. The number of hydrogen-bond donors (Lipinski definition) is 1. The lowest BCUT2D eigenvalue weighted by Crippen LogP contribution is -2.42. The van der Waals surface area contributed by atoms with Crippen molar-refractivity contribution in [3.63, 3.8) is 0 Å². The van der Waals surface area contributed by atoms with Gasteiger partial charge in [-0.05, 0) is 31.9 Å². The second-order valence-electron chi connectivity index (χ2n) is 6.51. The Morgan fingerprint density at radius 3 is 2.73 bits per heavy atom. The monoisotopic (exact) mass is 325 g/mol. The molecule has 0 aromatic carbocycles. The second kappa shape index (κ2) is 7.51. The molecule has 1 saturated heterocycles. The van der Waals surface area contributed by atoms with Crippen molar-refractivity contribution >= 4 is 17.7 Å². The number of carbonyl (C=O) groups is 1. The third-order valence-corrected chi connectivity index (χ3v) is 5.03. The molecule has 5 nitrogen and oxygen atoms in total. The molecule has 0 radical (unpaired) electrons. The molecule has 124 valence electrons. The van der Waals surface area contributed by atoms with E-state index in [0.29, 0.717) is 17.6 Å². The molecule has 2 atom stereocenters. The van der Waals surface area contributed by atoms with Gasteiger partial charge in [0.25, 0.3) is 0 Å². The minimum absolute atomic E-state index is 0.141. The van der Waals surface area contributed by atoms with E-state index in [9.17, 15) is 4.79 Å². The van der Waals surface area contributed by atoms with E-state index in [1.165, 1.54) is 5.56 Å². The Bertz CT molecular complexity index is 496. The van der Waals surface area contributed by atoms with Crippen LogP contribution in [0.3, 0.4) is 0 Å². The zero-order chi connectivity index (χ0) is 16.3. The van der Waals surface area contributed by atoms with Crippen molar-refractivity contribution in [3.05, 3.63) is 17.0 Å². The molecule has 6 heteroatoms. The smallest absolute Gasteiger partial charge is 0.230 e. The van der Waals surface area contributed by atoms with Crippen molar-refractivity contribution in [3.8, 4) is 0 Å². The molecule has 0 saturated carbocycles. The van der Waals surface area contributed by atoms with Gasteiger partial charge in [0.1, 0.15) is 5.76 Å². The number of rotatable bonds is 6. The van der Waals surface area contributed by atoms with Crippen LogP contribution in [0.4, 0.5) is 0 Å². The summed E-state index contributed by atoms with van der Waals surface area (Å²) < 4.78 is 5.25. The summed E-state index contributed by atoms with van der Waals surface area (Å²) in [5.41, 5.74) is 2.15. The number of thioether (sulfide) groups is 1. The van der Waals surface area contributed by atoms with E-state index < -0.39 is 0 Å². The van der Waals surface area contributed by atoms with Gasteiger partial charge >= 0.3 is 0 Å². The molecule has 1 fully saturated rings. The van der Waals surface area contributed by atoms with Crippen LogP contribution in [0, 0.1) is 25.7 Å². The first-order chi connectivity index (χ1) is 10.4. The summed E-state index contributed by atoms with van der Waals surface area (Å²) in [5.74, 6) is 2.61. The summed E-state index contributed by atoms with van der Waals surface area (Å²) in [4.78, 5) is 14.3. The zero-order valence-corrected chi connectivity index (χ0v) is 15.0. The molecule has 1 aliphatic heterocycles. The Kier molecular flexibility index (Phi) is 5.92. The SMILES string of the molecule is CSCC(=O)N[C@@H]1CN(Cc2c(C)noc2C)C[C@H]1C(C)C. The van der Waals surface area contributed by atoms with Crippen molar-refractivity contribution in [1.82, 2.24) is 15.4 Å². The maximum absolute atomic E-state index is 11.9. The summed E-state index contributed by atoms with van der Waals surface area (Å²) in [5, 5.41) is 7.24. The number of amides is 1. The third kappa shape index (κ3) is 4.04. The first-order valence-electron chi connectivity index (χ1n) is 7.84. The van der Waals surface area contributed by atoms with Crippen molar-refractivity contribution < 1.29 is 9.32 Å². The summed E-state index contributed by atoms with van der Waals surface area (Å²) in [7, 11) is 0. The first-order valence-corrected chi connectivity index (χ1v) is 9.24. The van der Waals surface area contributed by atoms with Crippen LogP contribution in [0.1, 0.15) is 30.9 Å². The van der Waals surface area contributed by atoms with Crippen molar-refractivity contribution in [2.24, 2.45) is 11.8 Å². The molecule has 0 unspecified atom stereocenters. The lowest BCUT2D eigenvalue weighted by molar-refractivity contribution is -0.119. The summed E-state index contributed by atoms with van der Waals surface area (Å²) in [6.45, 7) is 11.2. The Labute approximate surface area is 137 Å². The molecule has 2 heterocycles. The van der Waals surface area contributed by atoms with Gasteiger partial charge in [-0.2, -0.15) is 11.8 Å². The van der Waals surface area contributed by atoms with Crippen LogP contribution in [0.15, 0.2) is 4.52 Å². The van der Waals surface area contributed by atoms with Crippen LogP contribution < -0.4 is 5.32 Å². The van der Waals surface area contributed by atoms with Crippen molar-refractivity contribution in [2.75, 3.05) is 25.1 Å². The number of nitrogens with zero attached hydrogens (tertiary/aromatic N) is 2. The van der Waals surface area contributed by atoms with Gasteiger partial charge in [0.2, 0.25) is 5.91 Å². The Hall–Kier alpha value is -1.01. The van der Waals surface area contributed by atoms with E-state index in [-0.39, 0.29) is 11.9 Å². The average Bonchev–Trinajstić information content (AvgIpc) is 2.97. The predicted molar refractivity (Wildman–Crippen MR) is 89.9 cm³/mol. The average molecular weight is 325 g/mol. The maximum atomic E-state index is 11.9. The zero-order valence-electron chi connectivity index (χ0n) is 14.2. The summed E-state index contributed by atoms with van der Waals surface area (Å²) in [6.07, 6.45) is 1.96. The highest BCUT2D eigenvalue weighted by Crippen LogP contribution is 2.27. The number of aryl methyl sites for hydroxylation is 2. The number of hydrogen-bond acceptors (Lipinski definition) is 5. The maximum Gasteiger partial charge on any atom is 0.230 e. The largest absolute Gasteiger partial charge is 0.361 e. The highest BCUT2D eigenvalue weighted by atomic mass is 32.2. The van der Waals surface area contributed by atoms with E-state index in [4.69, 9.17) is 4.52 Å². The Morgan fingerprint density at radius 1 is 1.45 bits per heavy atom. The number of aromatic nitrogens is 1. The van der Waals surface area contributed by atoms with Crippen LogP contribution in [0.5, 0.6) is 0 Å². The lowest BCUT2D eigenvalue weighted by Gasteiger charge is -2.22. The molecule has 2 rings (SSSR count). The van der Waals surface area contributed by atoms with Crippen LogP contribution in [-0.2, 0) is 11.3 Å². The van der Waals surface area contributed by atoms with Gasteiger partial charge in [-0.15, -0.1) is 0 Å². The summed E-state index contributed by atoms with van der Waals surface area (Å²) >= 11 is 1.56. The minimum Gasteiger partial charge on any atom is -0.361 e. The van der Waals surface area contributed by atoms with Gasteiger partial charge in [-0.1, -0.05) is 19.0 Å². The number of carbonyl (C=O) groups excluding carboxylic acids is 1. The lowest BCUT2D eigenvalue weighted by atomic mass is 9.91. The molecule has 22 heavy (non-hydrogen) atoms. The van der Waals surface area contributed by atoms with Gasteiger partial charge in [0, 0.05) is 31.2 Å². The van der Waals surface area contributed by atoms with Crippen LogP contribution in [0.2, 0.25) is 0 Å². The van der Waals surface area contributed by atoms with Crippen molar-refractivity contribution in [2.45, 2.75) is 40.3 Å². The fourth-order valence-corrected chi connectivity index (χ4v) is 3.55. The molecule has 1 aromatic rings. The van der Waals surface area contributed by atoms with E-state index in [0.717, 1.165) is 31.1 Å². The fourth-order valence-electron chi connectivity index (χ4n) is 3.20. The van der Waals surface area contributed by atoms with Gasteiger partial charge in [-0.3, -0.25) is 9.69 Å². The normalized spacial score (nSPS) is 22.5. The van der Waals surface area contributed by atoms with Crippen LogP contribution >= 0.6 is 11.8 Å². The van der Waals surface area contributed by atoms with E-state index in [1.54, 1.807) is 11.8 Å². The quantitative estimate of drug-likeness (QED) is 0.869. The molecule has 0 spiro atoms. The number of likely N-dealkylation sites (tertiary alicyclic amines) is 1. The van der Waals surface area contributed by atoms with Gasteiger partial charge in [-0.25, -0.2) is 0 Å². The predicted octanol–water partition coefficient (Wildman–Crippen LogP) is 2.23. The topological polar surface area (TPSA) is 58.4 Å². The fraction of sp³-hybridized carbons (Fsp3) is 0.750. The Balaban J connectivity index is 2.02. The highest BCUT2D eigenvalue weighted by Gasteiger charge is 2.35. The summed E-state index contributed by atoms with van der Waals surface area (Å²) in [6, 6.07) is 0.236. The molecule has 1 N–H and O–H groups in total. The molecular weight excluding hydrogens is 298 g/mol.